The number of rotatable bonds is 6. The maximum atomic E-state index is 15.1. The fourth-order valence-corrected chi connectivity index (χ4v) is 5.81. The first-order chi connectivity index (χ1) is 17.0. The number of carbonyl (C=O) groups excluding carboxylic acids is 2. The van der Waals surface area contributed by atoms with Crippen molar-refractivity contribution in [1.29, 1.82) is 0 Å². The standard InChI is InChI=1S/C25H27FN4O5S/c1-4-28-15-21(16(2)31)25(33)20-13-22(26)24(14-23(20)28)29-9-11-30(12-10-29)36(34,35)19-7-5-18(6-8-19)27-17(3)32/h5-8,13-15H,4,9-12H2,1-3H3,(H,27,32). The summed E-state index contributed by atoms with van der Waals surface area (Å²) in [6, 6.07) is 8.68. The fourth-order valence-electron chi connectivity index (χ4n) is 4.39. The maximum Gasteiger partial charge on any atom is 0.243 e. The summed E-state index contributed by atoms with van der Waals surface area (Å²) in [7, 11) is -3.76. The van der Waals surface area contributed by atoms with E-state index in [0.29, 0.717) is 17.7 Å². The molecule has 4 rings (SSSR count). The Hall–Kier alpha value is -3.57. The smallest absolute Gasteiger partial charge is 0.243 e. The predicted octanol–water partition coefficient (Wildman–Crippen LogP) is 2.83. The van der Waals surface area contributed by atoms with Crippen LogP contribution in [-0.4, -0.2) is 55.2 Å². The largest absolute Gasteiger partial charge is 0.366 e. The molecule has 1 amide bonds. The highest BCUT2D eigenvalue weighted by Crippen LogP contribution is 2.28. The van der Waals surface area contributed by atoms with E-state index < -0.39 is 21.3 Å². The molecular weight excluding hydrogens is 487 g/mol. The van der Waals surface area contributed by atoms with E-state index in [9.17, 15) is 22.8 Å². The monoisotopic (exact) mass is 514 g/mol. The number of Topliss-reactive ketones (excluding diaryl/α,β-unsaturated/α-hetero) is 1. The van der Waals surface area contributed by atoms with Crippen LogP contribution in [0.25, 0.3) is 10.9 Å². The molecule has 9 nitrogen and oxygen atoms in total. The zero-order chi connectivity index (χ0) is 26.2. The van der Waals surface area contributed by atoms with E-state index in [1.54, 1.807) is 15.5 Å². The first kappa shape index (κ1) is 25.5. The van der Waals surface area contributed by atoms with Crippen LogP contribution in [-0.2, 0) is 21.4 Å². The molecule has 36 heavy (non-hydrogen) atoms. The Balaban J connectivity index is 1.58. The number of anilines is 2. The topological polar surface area (TPSA) is 109 Å². The van der Waals surface area contributed by atoms with Crippen LogP contribution in [0, 0.1) is 5.82 Å². The number of aryl methyl sites for hydroxylation is 1. The van der Waals surface area contributed by atoms with Gasteiger partial charge in [0.2, 0.25) is 15.9 Å². The Labute approximate surface area is 208 Å². The van der Waals surface area contributed by atoms with E-state index in [0.717, 1.165) is 6.07 Å². The molecule has 1 N–H and O–H groups in total. The lowest BCUT2D eigenvalue weighted by atomic mass is 10.1. The van der Waals surface area contributed by atoms with Crippen molar-refractivity contribution in [2.75, 3.05) is 36.4 Å². The second kappa shape index (κ2) is 9.82. The number of nitrogens with zero attached hydrogens (tertiary/aromatic N) is 3. The van der Waals surface area contributed by atoms with Crippen molar-refractivity contribution >= 4 is 44.0 Å². The Bertz CT molecular complexity index is 1510. The molecule has 0 saturated carbocycles. The van der Waals surface area contributed by atoms with Crippen LogP contribution in [0.2, 0.25) is 0 Å². The van der Waals surface area contributed by atoms with Gasteiger partial charge in [-0.25, -0.2) is 12.8 Å². The van der Waals surface area contributed by atoms with E-state index in [1.165, 1.54) is 48.6 Å². The normalized spacial score (nSPS) is 14.7. The number of aromatic nitrogens is 1. The molecule has 0 aliphatic carbocycles. The van der Waals surface area contributed by atoms with Gasteiger partial charge in [-0.1, -0.05) is 0 Å². The van der Waals surface area contributed by atoms with E-state index in [2.05, 4.69) is 5.32 Å². The predicted molar refractivity (Wildman–Crippen MR) is 136 cm³/mol. The number of ketones is 1. The molecule has 1 aliphatic heterocycles. The van der Waals surface area contributed by atoms with E-state index in [4.69, 9.17) is 0 Å². The van der Waals surface area contributed by atoms with Gasteiger partial charge in [-0.15, -0.1) is 0 Å². The molecule has 0 unspecified atom stereocenters. The van der Waals surface area contributed by atoms with Gasteiger partial charge in [-0.2, -0.15) is 4.31 Å². The number of hydrogen-bond donors (Lipinski definition) is 1. The van der Waals surface area contributed by atoms with Crippen molar-refractivity contribution in [3.8, 4) is 0 Å². The summed E-state index contributed by atoms with van der Waals surface area (Å²) < 4.78 is 44.4. The van der Waals surface area contributed by atoms with Crippen LogP contribution in [0.5, 0.6) is 0 Å². The van der Waals surface area contributed by atoms with Gasteiger partial charge in [0.15, 0.2) is 11.2 Å². The van der Waals surface area contributed by atoms with Gasteiger partial charge in [0.1, 0.15) is 5.82 Å². The summed E-state index contributed by atoms with van der Waals surface area (Å²) in [5.41, 5.74) is 0.794. The fraction of sp³-hybridized carbons (Fsp3) is 0.320. The van der Waals surface area contributed by atoms with Crippen molar-refractivity contribution in [2.45, 2.75) is 32.2 Å². The van der Waals surface area contributed by atoms with Crippen LogP contribution in [0.15, 0.2) is 52.3 Å². The molecule has 11 heteroatoms. The molecule has 0 atom stereocenters. The number of piperazine rings is 1. The van der Waals surface area contributed by atoms with Gasteiger partial charge < -0.3 is 14.8 Å². The van der Waals surface area contributed by atoms with E-state index in [1.807, 2.05) is 6.92 Å². The molecule has 1 saturated heterocycles. The third-order valence-corrected chi connectivity index (χ3v) is 8.17. The number of carbonyl (C=O) groups is 2. The maximum absolute atomic E-state index is 15.1. The third kappa shape index (κ3) is 4.76. The van der Waals surface area contributed by atoms with Crippen LogP contribution in [0.3, 0.4) is 0 Å². The Morgan fingerprint density at radius 1 is 1.03 bits per heavy atom. The number of nitrogens with one attached hydrogen (secondary N) is 1. The molecule has 0 radical (unpaired) electrons. The quantitative estimate of drug-likeness (QED) is 0.507. The summed E-state index contributed by atoms with van der Waals surface area (Å²) in [6.45, 7) is 5.83. The Morgan fingerprint density at radius 2 is 1.67 bits per heavy atom. The van der Waals surface area contributed by atoms with Gasteiger partial charge in [0, 0.05) is 56.9 Å². The second-order valence-corrected chi connectivity index (χ2v) is 10.6. The summed E-state index contributed by atoms with van der Waals surface area (Å²) in [5.74, 6) is -1.23. The molecule has 2 heterocycles. The molecular formula is C25H27FN4O5S. The number of hydrogen-bond acceptors (Lipinski definition) is 6. The Kier molecular flexibility index (Phi) is 6.96. The lowest BCUT2D eigenvalue weighted by Crippen LogP contribution is -2.48. The summed E-state index contributed by atoms with van der Waals surface area (Å²) >= 11 is 0. The highest BCUT2D eigenvalue weighted by molar-refractivity contribution is 7.89. The summed E-state index contributed by atoms with van der Waals surface area (Å²) in [4.78, 5) is 37.6. The zero-order valence-electron chi connectivity index (χ0n) is 20.2. The summed E-state index contributed by atoms with van der Waals surface area (Å²) in [5, 5.41) is 2.73. The third-order valence-electron chi connectivity index (χ3n) is 6.26. The van der Waals surface area contributed by atoms with Crippen molar-refractivity contribution in [3.63, 3.8) is 0 Å². The number of pyridine rings is 1. The van der Waals surface area contributed by atoms with E-state index >= 15 is 4.39 Å². The molecule has 3 aromatic rings. The van der Waals surface area contributed by atoms with Crippen molar-refractivity contribution in [1.82, 2.24) is 8.87 Å². The van der Waals surface area contributed by atoms with Crippen LogP contribution < -0.4 is 15.6 Å². The second-order valence-electron chi connectivity index (χ2n) is 8.63. The molecule has 1 aromatic heterocycles. The van der Waals surface area contributed by atoms with Crippen molar-refractivity contribution < 1.29 is 22.4 Å². The van der Waals surface area contributed by atoms with Crippen molar-refractivity contribution in [3.05, 3.63) is 64.2 Å². The molecule has 2 aromatic carbocycles. The minimum absolute atomic E-state index is 0.0143. The lowest BCUT2D eigenvalue weighted by Gasteiger charge is -2.35. The molecule has 1 fully saturated rings. The highest BCUT2D eigenvalue weighted by Gasteiger charge is 2.30. The number of benzene rings is 2. The van der Waals surface area contributed by atoms with Gasteiger partial charge in [0.05, 0.1) is 21.7 Å². The molecule has 0 spiro atoms. The highest BCUT2D eigenvalue weighted by atomic mass is 32.2. The SMILES string of the molecule is CCn1cc(C(C)=O)c(=O)c2cc(F)c(N3CCN(S(=O)(=O)c4ccc(NC(C)=O)cc4)CC3)cc21. The van der Waals surface area contributed by atoms with Gasteiger partial charge in [-0.3, -0.25) is 14.4 Å². The Morgan fingerprint density at radius 3 is 2.22 bits per heavy atom. The van der Waals surface area contributed by atoms with Gasteiger partial charge >= 0.3 is 0 Å². The summed E-state index contributed by atoms with van der Waals surface area (Å²) in [6.07, 6.45) is 1.50. The minimum atomic E-state index is -3.76. The first-order valence-electron chi connectivity index (χ1n) is 11.5. The number of sulfonamides is 1. The van der Waals surface area contributed by atoms with Gasteiger partial charge in [0.25, 0.3) is 0 Å². The lowest BCUT2D eigenvalue weighted by molar-refractivity contribution is -0.114. The average Bonchev–Trinajstić information content (AvgIpc) is 2.84. The number of halogens is 1. The zero-order valence-corrected chi connectivity index (χ0v) is 21.1. The van der Waals surface area contributed by atoms with E-state index in [-0.39, 0.29) is 59.4 Å². The molecule has 0 bridgehead atoms. The number of amides is 1. The van der Waals surface area contributed by atoms with Crippen molar-refractivity contribution in [2.24, 2.45) is 0 Å². The minimum Gasteiger partial charge on any atom is -0.366 e. The molecule has 190 valence electrons. The first-order valence-corrected chi connectivity index (χ1v) is 13.0. The van der Waals surface area contributed by atoms with Gasteiger partial charge in [-0.05, 0) is 50.2 Å². The van der Waals surface area contributed by atoms with Crippen LogP contribution in [0.1, 0.15) is 31.1 Å². The van der Waals surface area contributed by atoms with Crippen LogP contribution in [0.4, 0.5) is 15.8 Å². The number of fused-ring (bicyclic) bond motifs is 1. The van der Waals surface area contributed by atoms with Crippen LogP contribution >= 0.6 is 0 Å². The molecule has 1 aliphatic rings. The average molecular weight is 515 g/mol.